The van der Waals surface area contributed by atoms with E-state index in [1.54, 1.807) is 18.4 Å². The number of pyridine rings is 1. The third-order valence-electron chi connectivity index (χ3n) is 12.9. The summed E-state index contributed by atoms with van der Waals surface area (Å²) in [5.74, 6) is 2.62. The Hall–Kier alpha value is -8.32. The minimum Gasteiger partial charge on any atom is -0.457 e. The Labute approximate surface area is 410 Å². The minimum atomic E-state index is -0.411. The molecule has 8 aromatic carbocycles. The van der Waals surface area contributed by atoms with Gasteiger partial charge in [-0.2, -0.15) is 0 Å². The van der Waals surface area contributed by atoms with E-state index in [1.807, 2.05) is 61.8 Å². The molecule has 1 N–H and O–H groups in total. The molecule has 69 heavy (non-hydrogen) atoms. The number of para-hydroxylation sites is 1. The van der Waals surface area contributed by atoms with E-state index >= 15 is 0 Å². The van der Waals surface area contributed by atoms with Crippen molar-refractivity contribution in [2.75, 3.05) is 7.05 Å². The van der Waals surface area contributed by atoms with Crippen LogP contribution < -0.4 is 10.1 Å². The van der Waals surface area contributed by atoms with Crippen molar-refractivity contribution in [2.24, 2.45) is 0 Å². The Bertz CT molecular complexity index is 3830. The molecular weight excluding hydrogens is 845 g/mol. The predicted octanol–water partition coefficient (Wildman–Crippen LogP) is 16.2. The molecule has 11 rings (SSSR count). The molecule has 0 amide bonds. The number of ether oxygens (including phenoxy) is 1. The normalized spacial score (nSPS) is 13.1. The highest BCUT2D eigenvalue weighted by Gasteiger charge is 2.27. The van der Waals surface area contributed by atoms with Gasteiger partial charge < -0.3 is 14.5 Å². The third kappa shape index (κ3) is 8.41. The van der Waals surface area contributed by atoms with Crippen LogP contribution in [0.15, 0.2) is 217 Å². The summed E-state index contributed by atoms with van der Waals surface area (Å²) in [6.07, 6.45) is 3.60. The second-order valence-electron chi connectivity index (χ2n) is 18.4. The van der Waals surface area contributed by atoms with Gasteiger partial charge in [-0.05, 0) is 117 Å². The van der Waals surface area contributed by atoms with Crippen molar-refractivity contribution in [2.45, 2.75) is 39.2 Å². The van der Waals surface area contributed by atoms with Crippen LogP contribution in [0, 0.1) is 6.92 Å². The average Bonchev–Trinajstić information content (AvgIpc) is 4.04. The summed E-state index contributed by atoms with van der Waals surface area (Å²) in [6, 6.07) is 55.6. The number of fused-ring (bicyclic) bond motifs is 3. The highest BCUT2D eigenvalue weighted by molar-refractivity contribution is 6.09. The van der Waals surface area contributed by atoms with E-state index < -0.39 is 6.04 Å². The zero-order valence-electron chi connectivity index (χ0n) is 44.1. The van der Waals surface area contributed by atoms with Crippen LogP contribution in [0.2, 0.25) is 0 Å². The largest absolute Gasteiger partial charge is 0.457 e. The van der Waals surface area contributed by atoms with Crippen molar-refractivity contribution in [3.05, 3.63) is 235 Å². The van der Waals surface area contributed by atoms with E-state index in [2.05, 4.69) is 147 Å². The van der Waals surface area contributed by atoms with Crippen LogP contribution in [0.4, 0.5) is 0 Å². The lowest BCUT2D eigenvalue weighted by molar-refractivity contribution is 0.448. The maximum atomic E-state index is 8.46. The fraction of sp³-hybridized carbons (Fsp3) is 0.111. The number of benzene rings is 8. The Morgan fingerprint density at radius 1 is 0.594 bits per heavy atom. The van der Waals surface area contributed by atoms with Gasteiger partial charge in [-0.15, -0.1) is 0 Å². The lowest BCUT2D eigenvalue weighted by Gasteiger charge is -2.22. The van der Waals surface area contributed by atoms with Crippen LogP contribution >= 0.6 is 0 Å². The molecule has 3 aromatic heterocycles. The first-order valence-corrected chi connectivity index (χ1v) is 23.2. The number of nitrogens with zero attached hydrogens (tertiary/aromatic N) is 3. The molecule has 0 aliphatic rings. The monoisotopic (exact) mass is 901 g/mol. The number of hydrogen-bond donors (Lipinski definition) is 1. The predicted molar refractivity (Wildman–Crippen MR) is 283 cm³/mol. The van der Waals surface area contributed by atoms with Gasteiger partial charge in [-0.3, -0.25) is 4.57 Å². The van der Waals surface area contributed by atoms with E-state index in [1.165, 1.54) is 0 Å². The van der Waals surface area contributed by atoms with Crippen LogP contribution in [0.5, 0.6) is 11.5 Å². The molecule has 336 valence electrons. The van der Waals surface area contributed by atoms with E-state index in [0.29, 0.717) is 28.6 Å². The molecule has 6 nitrogen and oxygen atoms in total. The molecule has 0 bridgehead atoms. The lowest BCUT2D eigenvalue weighted by atomic mass is 9.85. The smallest absolute Gasteiger partial charge is 0.216 e. The van der Waals surface area contributed by atoms with Crippen molar-refractivity contribution < 1.29 is 16.0 Å². The van der Waals surface area contributed by atoms with E-state index in [4.69, 9.17) is 26.0 Å². The summed E-state index contributed by atoms with van der Waals surface area (Å²) in [7, 11) is 1.94. The highest BCUT2D eigenvalue weighted by atomic mass is 16.5. The Kier molecular flexibility index (Phi) is 9.87. The summed E-state index contributed by atoms with van der Waals surface area (Å²) in [5.41, 5.74) is 13.3. The van der Waals surface area contributed by atoms with Crippen LogP contribution in [0.3, 0.4) is 0 Å². The standard InChI is InChI=1S/C63H52N4O2/c1-41-34-59(65-39-55(41)46-30-28-43(29-31-46)42-18-9-6-10-19-42)67-57-27-16-15-24-53(57)54-33-32-49(38-58(54)67)69-50-36-47(35-48(37-50)63(2,3)4)56-40-68-62(66-56)61(64-5)60-51(44-20-11-7-12-21-44)25-17-26-52(60)45-22-13-8-14-23-45/h6-40,61,64H,1-5H3/i6D,9D,10D,18D,19D. The first kappa shape index (κ1) is 37.7. The van der Waals surface area contributed by atoms with Crippen LogP contribution in [-0.2, 0) is 5.41 Å². The Morgan fingerprint density at radius 3 is 1.93 bits per heavy atom. The molecule has 0 saturated heterocycles. The van der Waals surface area contributed by atoms with Crippen LogP contribution in [0.1, 0.15) is 56.2 Å². The quantitative estimate of drug-likeness (QED) is 0.140. The number of rotatable bonds is 11. The second kappa shape index (κ2) is 18.1. The molecule has 0 radical (unpaired) electrons. The van der Waals surface area contributed by atoms with E-state index in [9.17, 15) is 0 Å². The molecule has 0 fully saturated rings. The summed E-state index contributed by atoms with van der Waals surface area (Å²) >= 11 is 0. The average molecular weight is 902 g/mol. The fourth-order valence-corrected chi connectivity index (χ4v) is 9.37. The first-order chi connectivity index (χ1) is 35.8. The maximum absolute atomic E-state index is 8.46. The van der Waals surface area contributed by atoms with Crippen LogP contribution in [-0.4, -0.2) is 21.6 Å². The van der Waals surface area contributed by atoms with Crippen molar-refractivity contribution in [3.63, 3.8) is 0 Å². The van der Waals surface area contributed by atoms with Crippen molar-refractivity contribution in [1.82, 2.24) is 19.9 Å². The third-order valence-corrected chi connectivity index (χ3v) is 12.9. The summed E-state index contributed by atoms with van der Waals surface area (Å²) in [5, 5.41) is 5.70. The highest BCUT2D eigenvalue weighted by Crippen LogP contribution is 2.42. The molecule has 1 atom stereocenters. The molecule has 11 aromatic rings. The first-order valence-electron chi connectivity index (χ1n) is 25.7. The van der Waals surface area contributed by atoms with Crippen molar-refractivity contribution in [1.29, 1.82) is 0 Å². The summed E-state index contributed by atoms with van der Waals surface area (Å²) in [4.78, 5) is 10.3. The Balaban J connectivity index is 0.939. The van der Waals surface area contributed by atoms with Gasteiger partial charge in [0, 0.05) is 34.2 Å². The summed E-state index contributed by atoms with van der Waals surface area (Å²) < 4.78 is 56.7. The molecule has 6 heteroatoms. The van der Waals surface area contributed by atoms with Gasteiger partial charge in [0.25, 0.3) is 0 Å². The molecule has 0 aliphatic heterocycles. The van der Waals surface area contributed by atoms with Gasteiger partial charge in [-0.25, -0.2) is 9.97 Å². The summed E-state index contributed by atoms with van der Waals surface area (Å²) in [6.45, 7) is 8.63. The van der Waals surface area contributed by atoms with Gasteiger partial charge >= 0.3 is 0 Å². The second-order valence-corrected chi connectivity index (χ2v) is 18.4. The molecule has 3 heterocycles. The van der Waals surface area contributed by atoms with Gasteiger partial charge in [-0.1, -0.05) is 172 Å². The van der Waals surface area contributed by atoms with Gasteiger partial charge in [0.2, 0.25) is 5.89 Å². The number of oxazole rings is 1. The molecular formula is C63H52N4O2. The van der Waals surface area contributed by atoms with Crippen molar-refractivity contribution >= 4 is 21.8 Å². The van der Waals surface area contributed by atoms with E-state index in [-0.39, 0.29) is 41.2 Å². The van der Waals surface area contributed by atoms with Gasteiger partial charge in [0.1, 0.15) is 35.3 Å². The zero-order chi connectivity index (χ0) is 51.4. The lowest BCUT2D eigenvalue weighted by Crippen LogP contribution is -2.20. The minimum absolute atomic E-state index is 0.173. The number of hydrogen-bond acceptors (Lipinski definition) is 5. The molecule has 1 unspecified atom stereocenters. The molecule has 0 spiro atoms. The number of aryl methyl sites for hydroxylation is 1. The van der Waals surface area contributed by atoms with Crippen molar-refractivity contribution in [3.8, 4) is 73.1 Å². The van der Waals surface area contributed by atoms with Gasteiger partial charge in [0.15, 0.2) is 0 Å². The number of aromatic nitrogens is 3. The fourth-order valence-electron chi connectivity index (χ4n) is 9.37. The SMILES string of the molecule is [2H]c1c([2H])c([2H])c(-c2ccc(-c3cnc(-n4c5ccccc5c5ccc(Oc6cc(-c7coc(C(NC)c8c(-c9ccccc9)cccc8-c8ccccc8)n7)cc(C(C)(C)C)c6)cc54)cc3C)cc2)c([2H])c1[2H]. The van der Waals surface area contributed by atoms with Gasteiger partial charge in [0.05, 0.1) is 17.9 Å². The number of nitrogens with one attached hydrogen (secondary N) is 1. The topological polar surface area (TPSA) is 65.1 Å². The Morgan fingerprint density at radius 2 is 1.25 bits per heavy atom. The molecule has 0 saturated carbocycles. The maximum Gasteiger partial charge on any atom is 0.216 e. The zero-order valence-corrected chi connectivity index (χ0v) is 39.1. The molecule has 0 aliphatic carbocycles. The van der Waals surface area contributed by atoms with E-state index in [0.717, 1.165) is 83.3 Å². The van der Waals surface area contributed by atoms with Crippen LogP contribution in [0.25, 0.3) is 83.4 Å².